The first-order valence-corrected chi connectivity index (χ1v) is 6.97. The highest BCUT2D eigenvalue weighted by Crippen LogP contribution is 2.24. The van der Waals surface area contributed by atoms with Crippen molar-refractivity contribution in [3.63, 3.8) is 0 Å². The number of nitrogens with two attached hydrogens (primary N) is 1. The highest BCUT2D eigenvalue weighted by molar-refractivity contribution is 5.98. The summed E-state index contributed by atoms with van der Waals surface area (Å²) >= 11 is 0. The number of hydrogen-bond acceptors (Lipinski definition) is 4. The molecular formula is C15H24N2O3. The SMILES string of the molecule is CCOc1ccc(NC(=O)C(N)(CC)CC)cc1CO. The molecule has 0 aliphatic carbocycles. The summed E-state index contributed by atoms with van der Waals surface area (Å²) in [6.07, 6.45) is 1.14. The molecule has 1 aromatic carbocycles. The van der Waals surface area contributed by atoms with Gasteiger partial charge in [-0.25, -0.2) is 0 Å². The van der Waals surface area contributed by atoms with Crippen LogP contribution in [0.3, 0.4) is 0 Å². The van der Waals surface area contributed by atoms with Crippen molar-refractivity contribution >= 4 is 11.6 Å². The maximum Gasteiger partial charge on any atom is 0.244 e. The van der Waals surface area contributed by atoms with Crippen LogP contribution in [0.2, 0.25) is 0 Å². The monoisotopic (exact) mass is 280 g/mol. The molecule has 1 aromatic rings. The Hall–Kier alpha value is -1.59. The van der Waals surface area contributed by atoms with E-state index in [1.165, 1.54) is 0 Å². The van der Waals surface area contributed by atoms with Crippen LogP contribution in [0.25, 0.3) is 0 Å². The van der Waals surface area contributed by atoms with Crippen LogP contribution in [-0.2, 0) is 11.4 Å². The normalized spacial score (nSPS) is 11.2. The predicted molar refractivity (Wildman–Crippen MR) is 79.7 cm³/mol. The van der Waals surface area contributed by atoms with E-state index in [2.05, 4.69) is 5.32 Å². The smallest absolute Gasteiger partial charge is 0.244 e. The first-order chi connectivity index (χ1) is 9.50. The Morgan fingerprint density at radius 1 is 1.35 bits per heavy atom. The number of hydrogen-bond donors (Lipinski definition) is 3. The number of aliphatic hydroxyl groups excluding tert-OH is 1. The third-order valence-electron chi connectivity index (χ3n) is 3.50. The van der Waals surface area contributed by atoms with E-state index in [4.69, 9.17) is 10.5 Å². The molecule has 0 heterocycles. The molecule has 0 radical (unpaired) electrons. The van der Waals surface area contributed by atoms with Gasteiger partial charge in [0.25, 0.3) is 0 Å². The van der Waals surface area contributed by atoms with Crippen molar-refractivity contribution in [2.24, 2.45) is 5.73 Å². The molecule has 1 rings (SSSR count). The molecule has 0 fully saturated rings. The summed E-state index contributed by atoms with van der Waals surface area (Å²) in [6, 6.07) is 5.18. The molecule has 0 aliphatic rings. The fourth-order valence-electron chi connectivity index (χ4n) is 1.90. The van der Waals surface area contributed by atoms with Gasteiger partial charge in [0.05, 0.1) is 18.8 Å². The zero-order valence-electron chi connectivity index (χ0n) is 12.4. The second kappa shape index (κ2) is 7.26. The van der Waals surface area contributed by atoms with Crippen molar-refractivity contribution in [2.75, 3.05) is 11.9 Å². The van der Waals surface area contributed by atoms with Gasteiger partial charge in [0.2, 0.25) is 5.91 Å². The Balaban J connectivity index is 2.91. The van der Waals surface area contributed by atoms with E-state index < -0.39 is 5.54 Å². The highest BCUT2D eigenvalue weighted by Gasteiger charge is 2.29. The van der Waals surface area contributed by atoms with E-state index in [9.17, 15) is 9.90 Å². The van der Waals surface area contributed by atoms with Crippen LogP contribution in [0.4, 0.5) is 5.69 Å². The maximum absolute atomic E-state index is 12.2. The molecule has 0 spiro atoms. The van der Waals surface area contributed by atoms with E-state index in [0.29, 0.717) is 36.4 Å². The average molecular weight is 280 g/mol. The molecular weight excluding hydrogens is 256 g/mol. The first-order valence-electron chi connectivity index (χ1n) is 6.97. The van der Waals surface area contributed by atoms with Crippen LogP contribution < -0.4 is 15.8 Å². The number of ether oxygens (including phenoxy) is 1. The molecule has 112 valence electrons. The molecule has 0 unspecified atom stereocenters. The Morgan fingerprint density at radius 3 is 2.50 bits per heavy atom. The topological polar surface area (TPSA) is 84.6 Å². The van der Waals surface area contributed by atoms with Crippen LogP contribution in [0.5, 0.6) is 5.75 Å². The summed E-state index contributed by atoms with van der Waals surface area (Å²) in [6.45, 7) is 6.04. The van der Waals surface area contributed by atoms with Crippen molar-refractivity contribution in [1.29, 1.82) is 0 Å². The third-order valence-corrected chi connectivity index (χ3v) is 3.50. The highest BCUT2D eigenvalue weighted by atomic mass is 16.5. The molecule has 5 nitrogen and oxygen atoms in total. The second-order valence-corrected chi connectivity index (χ2v) is 4.73. The first kappa shape index (κ1) is 16.5. The molecule has 4 N–H and O–H groups in total. The van der Waals surface area contributed by atoms with Crippen molar-refractivity contribution in [1.82, 2.24) is 0 Å². The molecule has 20 heavy (non-hydrogen) atoms. The molecule has 0 atom stereocenters. The minimum Gasteiger partial charge on any atom is -0.494 e. The molecule has 0 saturated carbocycles. The number of amides is 1. The van der Waals surface area contributed by atoms with Crippen LogP contribution >= 0.6 is 0 Å². The zero-order chi connectivity index (χ0) is 15.2. The number of rotatable bonds is 7. The molecule has 0 aromatic heterocycles. The Morgan fingerprint density at radius 2 is 2.00 bits per heavy atom. The minimum atomic E-state index is -0.863. The molecule has 5 heteroatoms. The lowest BCUT2D eigenvalue weighted by Crippen LogP contribution is -2.50. The zero-order valence-corrected chi connectivity index (χ0v) is 12.4. The second-order valence-electron chi connectivity index (χ2n) is 4.73. The standard InChI is InChI=1S/C15H24N2O3/c1-4-15(16,5-2)14(19)17-12-7-8-13(20-6-3)11(9-12)10-18/h7-9,18H,4-6,10,16H2,1-3H3,(H,17,19). The lowest BCUT2D eigenvalue weighted by molar-refractivity contribution is -0.121. The number of nitrogens with one attached hydrogen (secondary N) is 1. The van der Waals surface area contributed by atoms with E-state index >= 15 is 0 Å². The third kappa shape index (κ3) is 3.71. The summed E-state index contributed by atoms with van der Waals surface area (Å²) in [5.41, 5.74) is 6.44. The Bertz CT molecular complexity index is 456. The lowest BCUT2D eigenvalue weighted by atomic mass is 9.93. The van der Waals surface area contributed by atoms with E-state index in [1.807, 2.05) is 20.8 Å². The van der Waals surface area contributed by atoms with Crippen molar-refractivity contribution in [3.05, 3.63) is 23.8 Å². The average Bonchev–Trinajstić information content (AvgIpc) is 2.47. The van der Waals surface area contributed by atoms with Crippen molar-refractivity contribution in [2.45, 2.75) is 45.8 Å². The fourth-order valence-corrected chi connectivity index (χ4v) is 1.90. The summed E-state index contributed by atoms with van der Waals surface area (Å²) in [7, 11) is 0. The van der Waals surface area contributed by atoms with Gasteiger partial charge in [0.15, 0.2) is 0 Å². The largest absolute Gasteiger partial charge is 0.494 e. The van der Waals surface area contributed by atoms with E-state index in [-0.39, 0.29) is 12.5 Å². The van der Waals surface area contributed by atoms with E-state index in [1.54, 1.807) is 18.2 Å². The van der Waals surface area contributed by atoms with Gasteiger partial charge < -0.3 is 20.9 Å². The van der Waals surface area contributed by atoms with Crippen molar-refractivity contribution < 1.29 is 14.6 Å². The number of aliphatic hydroxyl groups is 1. The van der Waals surface area contributed by atoms with Crippen LogP contribution in [0.1, 0.15) is 39.2 Å². The van der Waals surface area contributed by atoms with Crippen LogP contribution in [0.15, 0.2) is 18.2 Å². The van der Waals surface area contributed by atoms with Crippen molar-refractivity contribution in [3.8, 4) is 5.75 Å². The number of anilines is 1. The summed E-state index contributed by atoms with van der Waals surface area (Å²) < 4.78 is 5.40. The van der Waals surface area contributed by atoms with E-state index in [0.717, 1.165) is 0 Å². The Labute approximate surface area is 120 Å². The minimum absolute atomic E-state index is 0.144. The summed E-state index contributed by atoms with van der Waals surface area (Å²) in [5.74, 6) is 0.411. The summed E-state index contributed by atoms with van der Waals surface area (Å²) in [5, 5.41) is 12.1. The molecule has 0 bridgehead atoms. The van der Waals surface area contributed by atoms with Gasteiger partial charge in [-0.15, -0.1) is 0 Å². The van der Waals surface area contributed by atoms with Crippen LogP contribution in [-0.4, -0.2) is 23.2 Å². The fraction of sp³-hybridized carbons (Fsp3) is 0.533. The quantitative estimate of drug-likeness (QED) is 0.713. The van der Waals surface area contributed by atoms with Gasteiger partial charge in [-0.1, -0.05) is 13.8 Å². The number of carbonyl (C=O) groups excluding carboxylic acids is 1. The Kier molecular flexibility index (Phi) is 5.98. The maximum atomic E-state index is 12.2. The van der Waals surface area contributed by atoms with Gasteiger partial charge in [-0.05, 0) is 38.0 Å². The lowest BCUT2D eigenvalue weighted by Gasteiger charge is -2.25. The van der Waals surface area contributed by atoms with Gasteiger partial charge in [0.1, 0.15) is 5.75 Å². The van der Waals surface area contributed by atoms with Gasteiger partial charge in [-0.2, -0.15) is 0 Å². The number of carbonyl (C=O) groups is 1. The van der Waals surface area contributed by atoms with Gasteiger partial charge in [-0.3, -0.25) is 4.79 Å². The molecule has 0 saturated heterocycles. The molecule has 1 amide bonds. The number of benzene rings is 1. The van der Waals surface area contributed by atoms with Gasteiger partial charge in [0, 0.05) is 11.3 Å². The van der Waals surface area contributed by atoms with Gasteiger partial charge >= 0.3 is 0 Å². The van der Waals surface area contributed by atoms with Crippen LogP contribution in [0, 0.1) is 0 Å². The summed E-state index contributed by atoms with van der Waals surface area (Å²) in [4.78, 5) is 12.2. The predicted octanol–water partition coefficient (Wildman–Crippen LogP) is 2.03. The molecule has 0 aliphatic heterocycles.